The molecule has 0 aromatic heterocycles. The van der Waals surface area contributed by atoms with Crippen molar-refractivity contribution in [1.29, 1.82) is 0 Å². The molecule has 1 aliphatic rings. The van der Waals surface area contributed by atoms with E-state index in [2.05, 4.69) is 31.3 Å². The number of hydrogen-bond donors (Lipinski definition) is 8. The number of rotatable bonds is 52. The summed E-state index contributed by atoms with van der Waals surface area (Å²) in [6, 6.07) is -1.18. The minimum absolute atomic E-state index is 0.259. The van der Waals surface area contributed by atoms with E-state index >= 15 is 0 Å². The molecule has 0 aliphatic carbocycles. The standard InChI is InChI=1S/C59H115NO10/c1-3-5-7-9-11-13-14-15-16-17-18-19-20-21-22-23-24-25-26-27-28-29-30-31-32-33-34-35-36-37-39-41-43-45-47-52(63)58(68)60-50(49-69-59-57(67)56(66)55(65)53(48-61)70-59)54(64)51(62)46-44-42-40-38-12-10-8-6-4-2/h38,40,50-57,59,61-67H,3-37,39,41-49H2,1-2H3,(H,60,68)/b40-38+. The Bertz CT molecular complexity index is 1140. The highest BCUT2D eigenvalue weighted by Gasteiger charge is 2.44. The lowest BCUT2D eigenvalue weighted by atomic mass is 9.98. The summed E-state index contributed by atoms with van der Waals surface area (Å²) in [7, 11) is 0. The molecule has 70 heavy (non-hydrogen) atoms. The first-order valence-electron chi connectivity index (χ1n) is 30.1. The van der Waals surface area contributed by atoms with Gasteiger partial charge in [0.1, 0.15) is 36.6 Å². The monoisotopic (exact) mass is 998 g/mol. The smallest absolute Gasteiger partial charge is 0.249 e. The van der Waals surface area contributed by atoms with Crippen molar-refractivity contribution < 1.29 is 50.0 Å². The van der Waals surface area contributed by atoms with Crippen molar-refractivity contribution >= 4 is 5.91 Å². The number of unbranched alkanes of at least 4 members (excludes halogenated alkanes) is 38. The summed E-state index contributed by atoms with van der Waals surface area (Å²) in [5.41, 5.74) is 0. The molecule has 9 unspecified atom stereocenters. The van der Waals surface area contributed by atoms with Gasteiger partial charge in [-0.15, -0.1) is 0 Å². The van der Waals surface area contributed by atoms with Gasteiger partial charge in [-0.3, -0.25) is 4.79 Å². The van der Waals surface area contributed by atoms with Gasteiger partial charge in [-0.25, -0.2) is 0 Å². The zero-order valence-corrected chi connectivity index (χ0v) is 45.5. The lowest BCUT2D eigenvalue weighted by Crippen LogP contribution is -2.60. The molecule has 1 rings (SSSR count). The van der Waals surface area contributed by atoms with Crippen LogP contribution in [-0.2, 0) is 14.3 Å². The summed E-state index contributed by atoms with van der Waals surface area (Å²) < 4.78 is 11.1. The minimum atomic E-state index is -1.66. The second-order valence-corrected chi connectivity index (χ2v) is 21.4. The number of allylic oxidation sites excluding steroid dienone is 2. The second kappa shape index (κ2) is 48.8. The van der Waals surface area contributed by atoms with Crippen LogP contribution in [0.1, 0.15) is 290 Å². The Morgan fingerprint density at radius 2 is 0.843 bits per heavy atom. The Balaban J connectivity index is 2.10. The average Bonchev–Trinajstić information content (AvgIpc) is 3.36. The van der Waals surface area contributed by atoms with E-state index in [1.165, 1.54) is 212 Å². The van der Waals surface area contributed by atoms with E-state index in [0.717, 1.165) is 38.5 Å². The molecule has 8 N–H and O–H groups in total. The minimum Gasteiger partial charge on any atom is -0.394 e. The van der Waals surface area contributed by atoms with E-state index < -0.39 is 74.2 Å². The molecular formula is C59H115NO10. The fourth-order valence-electron chi connectivity index (χ4n) is 9.92. The quantitative estimate of drug-likeness (QED) is 0.0215. The van der Waals surface area contributed by atoms with Gasteiger partial charge in [-0.05, 0) is 38.5 Å². The summed E-state index contributed by atoms with van der Waals surface area (Å²) in [5, 5.41) is 75.7. The maximum atomic E-state index is 13.1. The van der Waals surface area contributed by atoms with E-state index in [9.17, 15) is 40.5 Å². The third-order valence-corrected chi connectivity index (χ3v) is 14.8. The first-order chi connectivity index (χ1) is 34.2. The number of carbonyl (C=O) groups is 1. The Morgan fingerprint density at radius 3 is 1.23 bits per heavy atom. The van der Waals surface area contributed by atoms with Crippen molar-refractivity contribution in [3.05, 3.63) is 12.2 Å². The van der Waals surface area contributed by atoms with Crippen LogP contribution in [0.5, 0.6) is 0 Å². The van der Waals surface area contributed by atoms with E-state index in [-0.39, 0.29) is 12.8 Å². The van der Waals surface area contributed by atoms with Gasteiger partial charge in [-0.2, -0.15) is 0 Å². The normalized spacial score (nSPS) is 20.3. The molecule has 416 valence electrons. The third kappa shape index (κ3) is 36.7. The first kappa shape index (κ1) is 66.9. The Labute approximate surface area is 430 Å². The zero-order valence-electron chi connectivity index (χ0n) is 45.5. The largest absolute Gasteiger partial charge is 0.394 e. The lowest BCUT2D eigenvalue weighted by molar-refractivity contribution is -0.303. The molecule has 0 aromatic carbocycles. The van der Waals surface area contributed by atoms with Gasteiger partial charge in [0.2, 0.25) is 5.91 Å². The second-order valence-electron chi connectivity index (χ2n) is 21.4. The number of amides is 1. The molecule has 1 fully saturated rings. The van der Waals surface area contributed by atoms with E-state index in [4.69, 9.17) is 9.47 Å². The molecule has 0 aromatic rings. The fraction of sp³-hybridized carbons (Fsp3) is 0.949. The summed E-state index contributed by atoms with van der Waals surface area (Å²) in [5.74, 6) is -0.703. The zero-order chi connectivity index (χ0) is 51.1. The molecule has 0 radical (unpaired) electrons. The number of aliphatic hydroxyl groups is 7. The molecule has 1 aliphatic heterocycles. The number of ether oxygens (including phenoxy) is 2. The van der Waals surface area contributed by atoms with Crippen molar-refractivity contribution in [3.8, 4) is 0 Å². The third-order valence-electron chi connectivity index (χ3n) is 14.8. The molecule has 11 heteroatoms. The Hall–Kier alpha value is -1.15. The summed E-state index contributed by atoms with van der Waals surface area (Å²) in [6.45, 7) is 3.41. The van der Waals surface area contributed by atoms with Gasteiger partial charge >= 0.3 is 0 Å². The van der Waals surface area contributed by atoms with Crippen LogP contribution in [0.4, 0.5) is 0 Å². The number of aliphatic hydroxyl groups excluding tert-OH is 7. The summed E-state index contributed by atoms with van der Waals surface area (Å²) in [4.78, 5) is 13.1. The van der Waals surface area contributed by atoms with Crippen molar-refractivity contribution in [2.75, 3.05) is 13.2 Å². The molecule has 11 nitrogen and oxygen atoms in total. The van der Waals surface area contributed by atoms with E-state index in [0.29, 0.717) is 12.8 Å². The van der Waals surface area contributed by atoms with Crippen LogP contribution in [-0.4, -0.2) is 110 Å². The van der Waals surface area contributed by atoms with Crippen LogP contribution < -0.4 is 5.32 Å². The summed E-state index contributed by atoms with van der Waals surface area (Å²) in [6.07, 6.45) is 46.2. The highest BCUT2D eigenvalue weighted by Crippen LogP contribution is 2.24. The Kier molecular flexibility index (Phi) is 46.6. The maximum absolute atomic E-state index is 13.1. The van der Waals surface area contributed by atoms with Crippen LogP contribution in [0.15, 0.2) is 12.2 Å². The van der Waals surface area contributed by atoms with E-state index in [1.807, 2.05) is 0 Å². The number of hydrogen-bond acceptors (Lipinski definition) is 10. The lowest BCUT2D eigenvalue weighted by Gasteiger charge is -2.40. The van der Waals surface area contributed by atoms with Gasteiger partial charge in [-0.1, -0.05) is 264 Å². The topological polar surface area (TPSA) is 189 Å². The van der Waals surface area contributed by atoms with Crippen LogP contribution in [0.2, 0.25) is 0 Å². The van der Waals surface area contributed by atoms with Crippen LogP contribution in [0.3, 0.4) is 0 Å². The summed E-state index contributed by atoms with van der Waals surface area (Å²) >= 11 is 0. The molecule has 0 spiro atoms. The molecule has 0 saturated carbocycles. The van der Waals surface area contributed by atoms with Gasteiger partial charge in [0.05, 0.1) is 25.4 Å². The van der Waals surface area contributed by atoms with Crippen molar-refractivity contribution in [3.63, 3.8) is 0 Å². The molecular weight excluding hydrogens is 883 g/mol. The van der Waals surface area contributed by atoms with Gasteiger partial charge in [0.25, 0.3) is 0 Å². The fourth-order valence-corrected chi connectivity index (χ4v) is 9.92. The van der Waals surface area contributed by atoms with Gasteiger partial charge < -0.3 is 50.5 Å². The van der Waals surface area contributed by atoms with Crippen molar-refractivity contribution in [1.82, 2.24) is 5.32 Å². The predicted molar refractivity (Wildman–Crippen MR) is 289 cm³/mol. The van der Waals surface area contributed by atoms with Crippen LogP contribution in [0, 0.1) is 0 Å². The van der Waals surface area contributed by atoms with Crippen molar-refractivity contribution in [2.45, 2.75) is 345 Å². The predicted octanol–water partition coefficient (Wildman–Crippen LogP) is 12.7. The maximum Gasteiger partial charge on any atom is 0.249 e. The highest BCUT2D eigenvalue weighted by molar-refractivity contribution is 5.80. The average molecular weight is 999 g/mol. The highest BCUT2D eigenvalue weighted by atomic mass is 16.7. The molecule has 9 atom stereocenters. The first-order valence-corrected chi connectivity index (χ1v) is 30.1. The van der Waals surface area contributed by atoms with Gasteiger partial charge in [0.15, 0.2) is 6.29 Å². The van der Waals surface area contributed by atoms with Gasteiger partial charge in [0, 0.05) is 0 Å². The Morgan fingerprint density at radius 1 is 0.486 bits per heavy atom. The molecule has 1 heterocycles. The van der Waals surface area contributed by atoms with Crippen LogP contribution >= 0.6 is 0 Å². The number of nitrogens with one attached hydrogen (secondary N) is 1. The van der Waals surface area contributed by atoms with Crippen LogP contribution in [0.25, 0.3) is 0 Å². The molecule has 1 saturated heterocycles. The van der Waals surface area contributed by atoms with E-state index in [1.54, 1.807) is 0 Å². The molecule has 1 amide bonds. The number of carbonyl (C=O) groups excluding carboxylic acids is 1. The SMILES string of the molecule is CCCCCC/C=C/CCCC(O)C(O)C(COC1OC(CO)C(O)C(O)C1O)NC(=O)C(O)CCCCCCCCCCCCCCCCCCCCCCCCCCCCCCCCCCCC. The van der Waals surface area contributed by atoms with Crippen molar-refractivity contribution in [2.24, 2.45) is 0 Å². The molecule has 0 bridgehead atoms.